The molecule has 1 fully saturated rings. The molecule has 116 valence electrons. The minimum atomic E-state index is -0.308. The summed E-state index contributed by atoms with van der Waals surface area (Å²) in [6, 6.07) is 0. The first kappa shape index (κ1) is 15.9. The minimum absolute atomic E-state index is 0.00121. The maximum absolute atomic E-state index is 12.6. The molecule has 5 nitrogen and oxygen atoms in total. The van der Waals surface area contributed by atoms with Gasteiger partial charge in [0.1, 0.15) is 4.88 Å². The Morgan fingerprint density at radius 3 is 2.90 bits per heavy atom. The van der Waals surface area contributed by atoms with E-state index in [2.05, 4.69) is 11.9 Å². The third kappa shape index (κ3) is 3.81. The molecule has 1 aliphatic rings. The average molecular weight is 309 g/mol. The predicted molar refractivity (Wildman–Crippen MR) is 83.3 cm³/mol. The van der Waals surface area contributed by atoms with Crippen LogP contribution < -0.4 is 5.73 Å². The van der Waals surface area contributed by atoms with Crippen LogP contribution in [0, 0.1) is 12.8 Å². The summed E-state index contributed by atoms with van der Waals surface area (Å²) in [6.07, 6.45) is 4.75. The van der Waals surface area contributed by atoms with Crippen LogP contribution in [-0.2, 0) is 11.2 Å². The molecule has 0 radical (unpaired) electrons. The van der Waals surface area contributed by atoms with Crippen molar-refractivity contribution in [3.8, 4) is 0 Å². The molecule has 6 heteroatoms. The number of piperidine rings is 1. The second kappa shape index (κ2) is 7.02. The first-order chi connectivity index (χ1) is 10.0. The van der Waals surface area contributed by atoms with Crippen molar-refractivity contribution in [3.63, 3.8) is 0 Å². The first-order valence-electron chi connectivity index (χ1n) is 7.57. The van der Waals surface area contributed by atoms with Gasteiger partial charge in [0.15, 0.2) is 0 Å². The Hall–Kier alpha value is -1.43. The Balaban J connectivity index is 2.08. The molecule has 21 heavy (non-hydrogen) atoms. The summed E-state index contributed by atoms with van der Waals surface area (Å²) < 4.78 is 0. The van der Waals surface area contributed by atoms with Gasteiger partial charge >= 0.3 is 0 Å². The van der Waals surface area contributed by atoms with Gasteiger partial charge in [0.05, 0.1) is 16.6 Å². The molecule has 2 amide bonds. The van der Waals surface area contributed by atoms with Crippen molar-refractivity contribution in [2.45, 2.75) is 46.0 Å². The van der Waals surface area contributed by atoms with Gasteiger partial charge in [-0.1, -0.05) is 13.3 Å². The molecule has 0 saturated carbocycles. The van der Waals surface area contributed by atoms with Gasteiger partial charge in [0.25, 0.3) is 5.91 Å². The van der Waals surface area contributed by atoms with E-state index in [1.807, 2.05) is 6.92 Å². The molecule has 2 heterocycles. The van der Waals surface area contributed by atoms with Crippen molar-refractivity contribution in [1.29, 1.82) is 0 Å². The van der Waals surface area contributed by atoms with Gasteiger partial charge in [-0.15, -0.1) is 11.3 Å². The van der Waals surface area contributed by atoms with E-state index in [9.17, 15) is 9.59 Å². The molecule has 2 N–H and O–H groups in total. The molecule has 1 unspecified atom stereocenters. The number of unbranched alkanes of at least 4 members (excludes halogenated alkanes) is 1. The number of aryl methyl sites for hydroxylation is 2. The summed E-state index contributed by atoms with van der Waals surface area (Å²) >= 11 is 1.49. The highest BCUT2D eigenvalue weighted by Gasteiger charge is 2.29. The maximum atomic E-state index is 12.6. The molecule has 2 rings (SSSR count). The number of rotatable bonds is 5. The fourth-order valence-electron chi connectivity index (χ4n) is 2.62. The number of aromatic nitrogens is 1. The van der Waals surface area contributed by atoms with Crippen LogP contribution in [0.4, 0.5) is 0 Å². The number of carbonyl (C=O) groups is 2. The Morgan fingerprint density at radius 2 is 2.24 bits per heavy atom. The largest absolute Gasteiger partial charge is 0.369 e. The Kier molecular flexibility index (Phi) is 5.33. The highest BCUT2D eigenvalue weighted by molar-refractivity contribution is 7.13. The van der Waals surface area contributed by atoms with Crippen molar-refractivity contribution in [2.75, 3.05) is 13.1 Å². The molecule has 1 aromatic heterocycles. The predicted octanol–water partition coefficient (Wildman–Crippen LogP) is 2.13. The van der Waals surface area contributed by atoms with E-state index in [0.29, 0.717) is 18.0 Å². The number of nitrogens with zero attached hydrogens (tertiary/aromatic N) is 2. The Morgan fingerprint density at radius 1 is 1.48 bits per heavy atom. The average Bonchev–Trinajstić information content (AvgIpc) is 2.85. The van der Waals surface area contributed by atoms with Crippen LogP contribution in [0.3, 0.4) is 0 Å². The van der Waals surface area contributed by atoms with E-state index in [1.165, 1.54) is 11.3 Å². The number of amides is 2. The molecule has 1 aromatic rings. The SMILES string of the molecule is CCCCc1nc(C)c(C(=O)N2CCCC(C(N)=O)C2)s1. The van der Waals surface area contributed by atoms with Crippen LogP contribution in [0.25, 0.3) is 0 Å². The van der Waals surface area contributed by atoms with Gasteiger partial charge in [-0.3, -0.25) is 9.59 Å². The summed E-state index contributed by atoms with van der Waals surface area (Å²) in [4.78, 5) is 30.9. The number of likely N-dealkylation sites (tertiary alicyclic amines) is 1. The zero-order chi connectivity index (χ0) is 15.4. The third-order valence-electron chi connectivity index (χ3n) is 3.89. The monoisotopic (exact) mass is 309 g/mol. The van der Waals surface area contributed by atoms with Gasteiger partial charge in [-0.05, 0) is 32.6 Å². The smallest absolute Gasteiger partial charge is 0.265 e. The number of thiazole rings is 1. The lowest BCUT2D eigenvalue weighted by Gasteiger charge is -2.30. The molecule has 0 spiro atoms. The van der Waals surface area contributed by atoms with Crippen LogP contribution in [0.1, 0.15) is 53.0 Å². The van der Waals surface area contributed by atoms with E-state index in [-0.39, 0.29) is 17.7 Å². The van der Waals surface area contributed by atoms with Gasteiger partial charge in [0.2, 0.25) is 5.91 Å². The molecule has 1 atom stereocenters. The van der Waals surface area contributed by atoms with Crippen LogP contribution in [0.2, 0.25) is 0 Å². The molecular weight excluding hydrogens is 286 g/mol. The summed E-state index contributed by atoms with van der Waals surface area (Å²) in [7, 11) is 0. The van der Waals surface area contributed by atoms with Gasteiger partial charge < -0.3 is 10.6 Å². The van der Waals surface area contributed by atoms with Crippen LogP contribution in [0.15, 0.2) is 0 Å². The molecule has 0 aromatic carbocycles. The van der Waals surface area contributed by atoms with Crippen LogP contribution >= 0.6 is 11.3 Å². The number of carbonyl (C=O) groups excluding carboxylic acids is 2. The fraction of sp³-hybridized carbons (Fsp3) is 0.667. The van der Waals surface area contributed by atoms with E-state index < -0.39 is 0 Å². The molecular formula is C15H23N3O2S. The van der Waals surface area contributed by atoms with Crippen molar-refractivity contribution in [2.24, 2.45) is 11.7 Å². The topological polar surface area (TPSA) is 76.3 Å². The Labute approximate surface area is 129 Å². The minimum Gasteiger partial charge on any atom is -0.369 e. The second-order valence-electron chi connectivity index (χ2n) is 5.62. The van der Waals surface area contributed by atoms with Crippen molar-refractivity contribution < 1.29 is 9.59 Å². The van der Waals surface area contributed by atoms with E-state index in [0.717, 1.165) is 42.8 Å². The number of nitrogens with two attached hydrogens (primary N) is 1. The Bertz CT molecular complexity index is 527. The van der Waals surface area contributed by atoms with E-state index in [4.69, 9.17) is 5.73 Å². The summed E-state index contributed by atoms with van der Waals surface area (Å²) in [5.74, 6) is -0.522. The molecule has 1 aliphatic heterocycles. The van der Waals surface area contributed by atoms with Crippen molar-refractivity contribution in [3.05, 3.63) is 15.6 Å². The summed E-state index contributed by atoms with van der Waals surface area (Å²) in [5.41, 5.74) is 6.17. The third-order valence-corrected chi connectivity index (χ3v) is 5.10. The zero-order valence-electron chi connectivity index (χ0n) is 12.7. The summed E-state index contributed by atoms with van der Waals surface area (Å²) in [6.45, 7) is 5.17. The van der Waals surface area contributed by atoms with Gasteiger partial charge in [-0.2, -0.15) is 0 Å². The first-order valence-corrected chi connectivity index (χ1v) is 8.39. The quantitative estimate of drug-likeness (QED) is 0.905. The number of hydrogen-bond donors (Lipinski definition) is 1. The number of hydrogen-bond acceptors (Lipinski definition) is 4. The maximum Gasteiger partial charge on any atom is 0.265 e. The highest BCUT2D eigenvalue weighted by atomic mass is 32.1. The standard InChI is InChI=1S/C15H23N3O2S/c1-3-4-7-12-17-10(2)13(21-12)15(20)18-8-5-6-11(9-18)14(16)19/h11H,3-9H2,1-2H3,(H2,16,19). The van der Waals surface area contributed by atoms with E-state index >= 15 is 0 Å². The summed E-state index contributed by atoms with van der Waals surface area (Å²) in [5, 5.41) is 1.03. The normalized spacial score (nSPS) is 18.8. The zero-order valence-corrected chi connectivity index (χ0v) is 13.5. The van der Waals surface area contributed by atoms with E-state index in [1.54, 1.807) is 4.90 Å². The van der Waals surface area contributed by atoms with Crippen LogP contribution in [-0.4, -0.2) is 34.8 Å². The molecule has 1 saturated heterocycles. The van der Waals surface area contributed by atoms with Crippen molar-refractivity contribution >= 4 is 23.2 Å². The van der Waals surface area contributed by atoms with Crippen LogP contribution in [0.5, 0.6) is 0 Å². The fourth-order valence-corrected chi connectivity index (χ4v) is 3.70. The van der Waals surface area contributed by atoms with Gasteiger partial charge in [-0.25, -0.2) is 4.98 Å². The van der Waals surface area contributed by atoms with Gasteiger partial charge in [0, 0.05) is 13.1 Å². The number of primary amides is 1. The molecule has 0 aliphatic carbocycles. The lowest BCUT2D eigenvalue weighted by atomic mass is 9.97. The highest BCUT2D eigenvalue weighted by Crippen LogP contribution is 2.24. The second-order valence-corrected chi connectivity index (χ2v) is 6.70. The lowest BCUT2D eigenvalue weighted by molar-refractivity contribution is -0.123. The van der Waals surface area contributed by atoms with Crippen molar-refractivity contribution in [1.82, 2.24) is 9.88 Å². The lowest BCUT2D eigenvalue weighted by Crippen LogP contribution is -2.44. The molecule has 0 bridgehead atoms.